The van der Waals surface area contributed by atoms with Gasteiger partial charge in [0.2, 0.25) is 0 Å². The molecular formula is C17H14N2O4. The van der Waals surface area contributed by atoms with Gasteiger partial charge < -0.3 is 9.26 Å². The van der Waals surface area contributed by atoms with Crippen molar-refractivity contribution in [1.29, 1.82) is 0 Å². The molecule has 1 aromatic heterocycles. The van der Waals surface area contributed by atoms with E-state index in [1.165, 1.54) is 6.07 Å². The molecule has 2 aromatic carbocycles. The number of nitro benzene ring substituents is 1. The van der Waals surface area contributed by atoms with Crippen LogP contribution in [0.4, 0.5) is 5.69 Å². The highest BCUT2D eigenvalue weighted by atomic mass is 16.6. The lowest BCUT2D eigenvalue weighted by molar-refractivity contribution is -0.385. The van der Waals surface area contributed by atoms with E-state index in [9.17, 15) is 10.1 Å². The Bertz CT molecular complexity index is 828. The van der Waals surface area contributed by atoms with Gasteiger partial charge in [0.15, 0.2) is 5.76 Å². The molecule has 6 heteroatoms. The van der Waals surface area contributed by atoms with Gasteiger partial charge in [-0.3, -0.25) is 10.1 Å². The summed E-state index contributed by atoms with van der Waals surface area (Å²) in [7, 11) is 0. The Balaban J connectivity index is 1.68. The number of hydrogen-bond acceptors (Lipinski definition) is 5. The molecule has 0 unspecified atom stereocenters. The number of rotatable bonds is 5. The average molecular weight is 310 g/mol. The lowest BCUT2D eigenvalue weighted by Gasteiger charge is -2.04. The van der Waals surface area contributed by atoms with Crippen molar-refractivity contribution in [3.63, 3.8) is 0 Å². The Morgan fingerprint density at radius 1 is 1.17 bits per heavy atom. The molecule has 3 aromatic rings. The smallest absolute Gasteiger partial charge is 0.272 e. The highest BCUT2D eigenvalue weighted by Gasteiger charge is 2.11. The maximum atomic E-state index is 10.8. The zero-order valence-electron chi connectivity index (χ0n) is 12.4. The molecule has 0 aliphatic heterocycles. The van der Waals surface area contributed by atoms with Crippen molar-refractivity contribution in [1.82, 2.24) is 5.16 Å². The van der Waals surface area contributed by atoms with Crippen LogP contribution in [0.3, 0.4) is 0 Å². The molecule has 0 saturated heterocycles. The first-order chi connectivity index (χ1) is 11.1. The first-order valence-electron chi connectivity index (χ1n) is 7.02. The van der Waals surface area contributed by atoms with Crippen LogP contribution in [0.5, 0.6) is 5.75 Å². The van der Waals surface area contributed by atoms with Crippen molar-refractivity contribution in [3.05, 3.63) is 76.0 Å². The highest BCUT2D eigenvalue weighted by Crippen LogP contribution is 2.24. The summed E-state index contributed by atoms with van der Waals surface area (Å²) >= 11 is 0. The van der Waals surface area contributed by atoms with E-state index in [0.29, 0.717) is 22.8 Å². The monoisotopic (exact) mass is 310 g/mol. The predicted molar refractivity (Wildman–Crippen MR) is 84.1 cm³/mol. The van der Waals surface area contributed by atoms with Crippen LogP contribution in [0.1, 0.15) is 11.3 Å². The van der Waals surface area contributed by atoms with Gasteiger partial charge in [0.1, 0.15) is 18.1 Å². The Hall–Kier alpha value is -3.15. The maximum Gasteiger partial charge on any atom is 0.272 e. The maximum absolute atomic E-state index is 10.8. The molecule has 0 saturated carbocycles. The first-order valence-corrected chi connectivity index (χ1v) is 7.02. The fraction of sp³-hybridized carbons (Fsp3) is 0.118. The van der Waals surface area contributed by atoms with Gasteiger partial charge in [-0.2, -0.15) is 0 Å². The summed E-state index contributed by atoms with van der Waals surface area (Å²) in [6.07, 6.45) is 0. The van der Waals surface area contributed by atoms with Crippen molar-refractivity contribution in [2.45, 2.75) is 13.5 Å². The van der Waals surface area contributed by atoms with Gasteiger partial charge in [0.25, 0.3) is 5.69 Å². The summed E-state index contributed by atoms with van der Waals surface area (Å²) < 4.78 is 10.9. The van der Waals surface area contributed by atoms with E-state index in [1.807, 2.05) is 36.4 Å². The number of aryl methyl sites for hydroxylation is 1. The predicted octanol–water partition coefficient (Wildman–Crippen LogP) is 4.14. The number of aromatic nitrogens is 1. The van der Waals surface area contributed by atoms with E-state index in [4.69, 9.17) is 9.26 Å². The highest BCUT2D eigenvalue weighted by molar-refractivity contribution is 5.56. The van der Waals surface area contributed by atoms with E-state index >= 15 is 0 Å². The van der Waals surface area contributed by atoms with Crippen molar-refractivity contribution in [3.8, 4) is 17.1 Å². The number of nitrogens with zero attached hydrogens (tertiary/aromatic N) is 2. The fourth-order valence-corrected chi connectivity index (χ4v) is 2.20. The molecule has 3 rings (SSSR count). The van der Waals surface area contributed by atoms with Crippen molar-refractivity contribution >= 4 is 5.69 Å². The van der Waals surface area contributed by atoms with Gasteiger partial charge in [-0.15, -0.1) is 0 Å². The van der Waals surface area contributed by atoms with Gasteiger partial charge in [-0.1, -0.05) is 35.5 Å². The third-order valence-corrected chi connectivity index (χ3v) is 3.37. The van der Waals surface area contributed by atoms with E-state index in [2.05, 4.69) is 5.16 Å². The molecule has 0 fully saturated rings. The summed E-state index contributed by atoms with van der Waals surface area (Å²) in [6, 6.07) is 16.1. The summed E-state index contributed by atoms with van der Waals surface area (Å²) in [5, 5.41) is 14.8. The normalized spacial score (nSPS) is 10.5. The zero-order chi connectivity index (χ0) is 16.2. The molecule has 1 heterocycles. The first kappa shape index (κ1) is 14.8. The lowest BCUT2D eigenvalue weighted by atomic mass is 10.2. The van der Waals surface area contributed by atoms with Crippen molar-refractivity contribution < 1.29 is 14.2 Å². The zero-order valence-corrected chi connectivity index (χ0v) is 12.4. The third-order valence-electron chi connectivity index (χ3n) is 3.37. The van der Waals surface area contributed by atoms with Crippen LogP contribution in [0.25, 0.3) is 11.3 Å². The van der Waals surface area contributed by atoms with Gasteiger partial charge in [0, 0.05) is 23.3 Å². The standard InChI is InChI=1S/C17H14N2O4/c1-12-9-15(7-8-16(12)19(20)21)22-11-14-10-17(23-18-14)13-5-3-2-4-6-13/h2-10H,11H2,1H3. The van der Waals surface area contributed by atoms with Crippen molar-refractivity contribution in [2.24, 2.45) is 0 Å². The van der Waals surface area contributed by atoms with Gasteiger partial charge in [0.05, 0.1) is 4.92 Å². The lowest BCUT2D eigenvalue weighted by Crippen LogP contribution is -1.97. The number of nitro groups is 1. The molecular weight excluding hydrogens is 296 g/mol. The largest absolute Gasteiger partial charge is 0.487 e. The molecule has 0 atom stereocenters. The number of benzene rings is 2. The van der Waals surface area contributed by atoms with Crippen LogP contribution in [-0.4, -0.2) is 10.1 Å². The van der Waals surface area contributed by atoms with Gasteiger partial charge >= 0.3 is 0 Å². The fourth-order valence-electron chi connectivity index (χ4n) is 2.20. The van der Waals surface area contributed by atoms with E-state index in [-0.39, 0.29) is 12.3 Å². The number of hydrogen-bond donors (Lipinski definition) is 0. The van der Waals surface area contributed by atoms with E-state index < -0.39 is 4.92 Å². The topological polar surface area (TPSA) is 78.4 Å². The van der Waals surface area contributed by atoms with Crippen LogP contribution < -0.4 is 4.74 Å². The molecule has 0 aliphatic rings. The van der Waals surface area contributed by atoms with Crippen molar-refractivity contribution in [2.75, 3.05) is 0 Å². The van der Waals surface area contributed by atoms with E-state index in [0.717, 1.165) is 5.56 Å². The summed E-state index contributed by atoms with van der Waals surface area (Å²) in [5.74, 6) is 1.22. The molecule has 0 amide bonds. The SMILES string of the molecule is Cc1cc(OCc2cc(-c3ccccc3)on2)ccc1[N+](=O)[O-]. The molecule has 23 heavy (non-hydrogen) atoms. The molecule has 0 spiro atoms. The molecule has 0 N–H and O–H groups in total. The molecule has 116 valence electrons. The second-order valence-corrected chi connectivity index (χ2v) is 5.04. The molecule has 0 radical (unpaired) electrons. The minimum absolute atomic E-state index is 0.0742. The van der Waals surface area contributed by atoms with Crippen LogP contribution in [-0.2, 0) is 6.61 Å². The summed E-state index contributed by atoms with van der Waals surface area (Å²) in [4.78, 5) is 10.4. The number of ether oxygens (including phenoxy) is 1. The Morgan fingerprint density at radius 3 is 2.65 bits per heavy atom. The quantitative estimate of drug-likeness (QED) is 0.523. The molecule has 6 nitrogen and oxygen atoms in total. The third kappa shape index (κ3) is 3.37. The average Bonchev–Trinajstić information content (AvgIpc) is 3.02. The molecule has 0 bridgehead atoms. The van der Waals surface area contributed by atoms with Crippen LogP contribution in [0.2, 0.25) is 0 Å². The summed E-state index contributed by atoms with van der Waals surface area (Å²) in [6.45, 7) is 1.90. The Labute approximate surface area is 132 Å². The van der Waals surface area contributed by atoms with Crippen LogP contribution >= 0.6 is 0 Å². The second-order valence-electron chi connectivity index (χ2n) is 5.04. The van der Waals surface area contributed by atoms with E-state index in [1.54, 1.807) is 19.1 Å². The van der Waals surface area contributed by atoms with Gasteiger partial charge in [-0.05, 0) is 19.1 Å². The van der Waals surface area contributed by atoms with Gasteiger partial charge in [-0.25, -0.2) is 0 Å². The second kappa shape index (κ2) is 6.31. The Kier molecular flexibility index (Phi) is 4.05. The molecule has 0 aliphatic carbocycles. The Morgan fingerprint density at radius 2 is 1.96 bits per heavy atom. The van der Waals surface area contributed by atoms with Crippen LogP contribution in [0, 0.1) is 17.0 Å². The minimum Gasteiger partial charge on any atom is -0.487 e. The van der Waals surface area contributed by atoms with Crippen LogP contribution in [0.15, 0.2) is 59.1 Å². The summed E-state index contributed by atoms with van der Waals surface area (Å²) in [5.41, 5.74) is 2.22. The minimum atomic E-state index is -0.414.